The molecule has 0 fully saturated rings. The molecular formula is C27H30BrNO5. The van der Waals surface area contributed by atoms with E-state index < -0.39 is 0 Å². The summed E-state index contributed by atoms with van der Waals surface area (Å²) < 4.78 is 17.7. The van der Waals surface area contributed by atoms with Crippen LogP contribution in [0, 0.1) is 0 Å². The van der Waals surface area contributed by atoms with Crippen LogP contribution in [0.2, 0.25) is 0 Å². The number of ether oxygens (including phenoxy) is 3. The van der Waals surface area contributed by atoms with Gasteiger partial charge < -0.3 is 19.5 Å². The fourth-order valence-corrected chi connectivity index (χ4v) is 5.34. The Hall–Kier alpha value is -2.80. The summed E-state index contributed by atoms with van der Waals surface area (Å²) in [5, 5.41) is 2.99. The number of hydrogen-bond acceptors (Lipinski definition) is 5. The minimum atomic E-state index is -0.317. The molecule has 0 spiro atoms. The van der Waals surface area contributed by atoms with Crippen LogP contribution in [0.15, 0.2) is 52.1 Å². The summed E-state index contributed by atoms with van der Waals surface area (Å²) in [6.07, 6.45) is 2.21. The third-order valence-corrected chi connectivity index (χ3v) is 6.89. The van der Waals surface area contributed by atoms with Gasteiger partial charge in [-0.3, -0.25) is 9.59 Å². The number of benzene rings is 2. The molecule has 6 nitrogen and oxygen atoms in total. The van der Waals surface area contributed by atoms with Gasteiger partial charge in [-0.2, -0.15) is 0 Å². The standard InChI is InChI=1S/C27H30BrNO5/c1-4-10-34-19-8-6-16(7-9-19)17-12-22-26(23(30)13-17)20(15-25(31)29-22)18-11-21(28)27(33-5-2)24(14-18)32-3/h6-9,11,14,17,20H,4-5,10,12-13,15H2,1-3H3,(H,29,31). The number of carbonyl (C=O) groups excluding carboxylic acids is 2. The highest BCUT2D eigenvalue weighted by Crippen LogP contribution is 2.46. The van der Waals surface area contributed by atoms with Gasteiger partial charge in [0, 0.05) is 30.0 Å². The predicted molar refractivity (Wildman–Crippen MR) is 134 cm³/mol. The smallest absolute Gasteiger partial charge is 0.225 e. The third kappa shape index (κ3) is 4.99. The Morgan fingerprint density at radius 3 is 2.44 bits per heavy atom. The highest BCUT2D eigenvalue weighted by molar-refractivity contribution is 9.10. The zero-order chi connectivity index (χ0) is 24.2. The highest BCUT2D eigenvalue weighted by atomic mass is 79.9. The molecule has 180 valence electrons. The summed E-state index contributed by atoms with van der Waals surface area (Å²) >= 11 is 3.57. The minimum Gasteiger partial charge on any atom is -0.494 e. The van der Waals surface area contributed by atoms with Crippen LogP contribution in [0.4, 0.5) is 0 Å². The lowest BCUT2D eigenvalue weighted by molar-refractivity contribution is -0.122. The number of carbonyl (C=O) groups is 2. The SMILES string of the molecule is CCCOc1ccc(C2CC(=O)C3=C(C2)NC(=O)CC3c2cc(Br)c(OCC)c(OC)c2)cc1. The monoisotopic (exact) mass is 527 g/mol. The van der Waals surface area contributed by atoms with Gasteiger partial charge in [-0.1, -0.05) is 19.1 Å². The van der Waals surface area contributed by atoms with Gasteiger partial charge >= 0.3 is 0 Å². The van der Waals surface area contributed by atoms with Crippen molar-refractivity contribution in [3.63, 3.8) is 0 Å². The molecule has 1 amide bonds. The number of amides is 1. The summed E-state index contributed by atoms with van der Waals surface area (Å²) in [6.45, 7) is 5.16. The Morgan fingerprint density at radius 1 is 1.00 bits per heavy atom. The molecule has 0 aromatic heterocycles. The Balaban J connectivity index is 1.64. The molecule has 4 rings (SSSR count). The first kappa shape index (κ1) is 24.3. The van der Waals surface area contributed by atoms with Gasteiger partial charge in [0.2, 0.25) is 5.91 Å². The molecule has 0 bridgehead atoms. The lowest BCUT2D eigenvalue weighted by Crippen LogP contribution is -2.38. The van der Waals surface area contributed by atoms with E-state index >= 15 is 0 Å². The molecule has 0 saturated heterocycles. The Labute approximate surface area is 208 Å². The maximum absolute atomic E-state index is 13.4. The molecule has 0 radical (unpaired) electrons. The number of rotatable bonds is 8. The van der Waals surface area contributed by atoms with Crippen molar-refractivity contribution in [1.82, 2.24) is 5.32 Å². The summed E-state index contributed by atoms with van der Waals surface area (Å²) in [4.78, 5) is 26.1. The van der Waals surface area contributed by atoms with Gasteiger partial charge in [-0.05, 0) is 77.0 Å². The van der Waals surface area contributed by atoms with E-state index in [2.05, 4.69) is 28.2 Å². The van der Waals surface area contributed by atoms with Crippen LogP contribution >= 0.6 is 15.9 Å². The molecule has 2 aromatic carbocycles. The summed E-state index contributed by atoms with van der Waals surface area (Å²) in [7, 11) is 1.58. The van der Waals surface area contributed by atoms with Crippen LogP contribution in [0.1, 0.15) is 62.5 Å². The average molecular weight is 528 g/mol. The van der Waals surface area contributed by atoms with E-state index in [1.807, 2.05) is 43.3 Å². The van der Waals surface area contributed by atoms with E-state index in [1.165, 1.54) is 0 Å². The molecule has 1 heterocycles. The first-order valence-electron chi connectivity index (χ1n) is 11.7. The topological polar surface area (TPSA) is 73.9 Å². The summed E-state index contributed by atoms with van der Waals surface area (Å²) in [5.41, 5.74) is 3.37. The minimum absolute atomic E-state index is 0.0205. The fourth-order valence-electron chi connectivity index (χ4n) is 4.76. The Bertz CT molecular complexity index is 1110. The van der Waals surface area contributed by atoms with Crippen LogP contribution in [0.25, 0.3) is 0 Å². The number of methoxy groups -OCH3 is 1. The number of hydrogen-bond donors (Lipinski definition) is 1. The van der Waals surface area contributed by atoms with Gasteiger partial charge in [0.15, 0.2) is 17.3 Å². The summed E-state index contributed by atoms with van der Waals surface area (Å²) in [5.74, 6) is 1.72. The fraction of sp³-hybridized carbons (Fsp3) is 0.407. The zero-order valence-corrected chi connectivity index (χ0v) is 21.4. The third-order valence-electron chi connectivity index (χ3n) is 6.30. The van der Waals surface area contributed by atoms with Crippen molar-refractivity contribution in [2.75, 3.05) is 20.3 Å². The van der Waals surface area contributed by atoms with Crippen molar-refractivity contribution in [3.05, 3.63) is 63.3 Å². The quantitative estimate of drug-likeness (QED) is 0.480. The molecular weight excluding hydrogens is 498 g/mol. The molecule has 2 atom stereocenters. The van der Waals surface area contributed by atoms with Gasteiger partial charge in [0.1, 0.15) is 5.75 Å². The number of Topliss-reactive ketones (excluding diaryl/α,β-unsaturated/α-hetero) is 1. The van der Waals surface area contributed by atoms with Gasteiger partial charge in [-0.15, -0.1) is 0 Å². The Morgan fingerprint density at radius 2 is 1.76 bits per heavy atom. The molecule has 0 saturated carbocycles. The number of ketones is 1. The second-order valence-electron chi connectivity index (χ2n) is 8.61. The van der Waals surface area contributed by atoms with Crippen LogP contribution in [0.5, 0.6) is 17.2 Å². The van der Waals surface area contributed by atoms with Crippen LogP contribution in [-0.4, -0.2) is 32.0 Å². The van der Waals surface area contributed by atoms with E-state index in [1.54, 1.807) is 7.11 Å². The van der Waals surface area contributed by atoms with Crippen molar-refractivity contribution < 1.29 is 23.8 Å². The van der Waals surface area contributed by atoms with Gasteiger partial charge in [0.05, 0.1) is 24.8 Å². The molecule has 7 heteroatoms. The maximum atomic E-state index is 13.4. The first-order valence-corrected chi connectivity index (χ1v) is 12.5. The molecule has 1 N–H and O–H groups in total. The van der Waals surface area contributed by atoms with Crippen molar-refractivity contribution in [1.29, 1.82) is 0 Å². The zero-order valence-electron chi connectivity index (χ0n) is 19.8. The molecule has 2 aliphatic rings. The molecule has 1 aliphatic carbocycles. The van der Waals surface area contributed by atoms with Crippen molar-refractivity contribution >= 4 is 27.6 Å². The van der Waals surface area contributed by atoms with Crippen molar-refractivity contribution in [2.24, 2.45) is 0 Å². The van der Waals surface area contributed by atoms with Crippen molar-refractivity contribution in [3.8, 4) is 17.2 Å². The molecule has 34 heavy (non-hydrogen) atoms. The highest BCUT2D eigenvalue weighted by Gasteiger charge is 2.38. The Kier molecular flexibility index (Phi) is 7.61. The lowest BCUT2D eigenvalue weighted by Gasteiger charge is -2.34. The predicted octanol–water partition coefficient (Wildman–Crippen LogP) is 5.65. The molecule has 2 unspecified atom stereocenters. The lowest BCUT2D eigenvalue weighted by atomic mass is 9.73. The number of halogens is 1. The van der Waals surface area contributed by atoms with E-state index in [4.69, 9.17) is 14.2 Å². The number of allylic oxidation sites excluding steroid dienone is 2. The van der Waals surface area contributed by atoms with E-state index in [9.17, 15) is 9.59 Å². The van der Waals surface area contributed by atoms with Crippen LogP contribution in [-0.2, 0) is 9.59 Å². The van der Waals surface area contributed by atoms with Crippen molar-refractivity contribution in [2.45, 2.75) is 51.4 Å². The number of nitrogens with one attached hydrogen (secondary N) is 1. The van der Waals surface area contributed by atoms with E-state index in [0.717, 1.165) is 33.5 Å². The van der Waals surface area contributed by atoms with E-state index in [0.29, 0.717) is 43.1 Å². The second-order valence-corrected chi connectivity index (χ2v) is 9.46. The first-order chi connectivity index (χ1) is 16.4. The molecule has 2 aromatic rings. The van der Waals surface area contributed by atoms with E-state index in [-0.39, 0.29) is 29.9 Å². The van der Waals surface area contributed by atoms with Gasteiger partial charge in [0.25, 0.3) is 0 Å². The largest absolute Gasteiger partial charge is 0.494 e. The average Bonchev–Trinajstić information content (AvgIpc) is 2.83. The second kappa shape index (κ2) is 10.6. The molecule has 1 aliphatic heterocycles. The summed E-state index contributed by atoms with van der Waals surface area (Å²) in [6, 6.07) is 11.7. The van der Waals surface area contributed by atoms with Crippen LogP contribution < -0.4 is 19.5 Å². The van der Waals surface area contributed by atoms with Gasteiger partial charge in [-0.25, -0.2) is 0 Å². The van der Waals surface area contributed by atoms with Crippen LogP contribution in [0.3, 0.4) is 0 Å². The normalized spacial score (nSPS) is 20.0. The maximum Gasteiger partial charge on any atom is 0.225 e.